The van der Waals surface area contributed by atoms with Crippen molar-refractivity contribution in [1.82, 2.24) is 5.32 Å². The van der Waals surface area contributed by atoms with Gasteiger partial charge in [-0.3, -0.25) is 0 Å². The molecule has 20 heavy (non-hydrogen) atoms. The molecule has 1 aliphatic heterocycles. The molecule has 2 N–H and O–H groups in total. The van der Waals surface area contributed by atoms with Crippen molar-refractivity contribution in [2.45, 2.75) is 19.0 Å². The van der Waals surface area contributed by atoms with Gasteiger partial charge in [-0.1, -0.05) is 34.1 Å². The summed E-state index contributed by atoms with van der Waals surface area (Å²) in [6, 6.07) is 13.7. The summed E-state index contributed by atoms with van der Waals surface area (Å²) in [5.41, 5.74) is 2.08. The molecule has 2 aromatic carbocycles. The lowest BCUT2D eigenvalue weighted by Gasteiger charge is -2.27. The average molecular weight is 334 g/mol. The fraction of sp³-hybridized carbons (Fsp3) is 0.250. The number of aromatic hydroxyl groups is 1. The van der Waals surface area contributed by atoms with Gasteiger partial charge >= 0.3 is 0 Å². The third-order valence-corrected chi connectivity index (χ3v) is 4.04. The first-order chi connectivity index (χ1) is 9.74. The number of fused-ring (bicyclic) bond motifs is 1. The molecule has 4 heteroatoms. The van der Waals surface area contributed by atoms with Crippen LogP contribution in [0.1, 0.15) is 23.6 Å². The highest BCUT2D eigenvalue weighted by Gasteiger charge is 2.21. The lowest BCUT2D eigenvalue weighted by atomic mass is 10.0. The summed E-state index contributed by atoms with van der Waals surface area (Å²) in [4.78, 5) is 0. The number of hydrogen-bond donors (Lipinski definition) is 2. The number of hydrogen-bond acceptors (Lipinski definition) is 3. The number of nitrogens with one attached hydrogen (secondary N) is 1. The Bertz CT molecular complexity index is 615. The number of para-hydroxylation sites is 1. The number of phenols is 1. The molecule has 1 heterocycles. The van der Waals surface area contributed by atoms with Gasteiger partial charge in [0.15, 0.2) is 0 Å². The maximum absolute atomic E-state index is 9.81. The van der Waals surface area contributed by atoms with E-state index < -0.39 is 0 Å². The Morgan fingerprint density at radius 3 is 2.95 bits per heavy atom. The van der Waals surface area contributed by atoms with E-state index in [4.69, 9.17) is 4.74 Å². The number of phenolic OH excluding ortho intramolecular Hbond substituents is 1. The maximum atomic E-state index is 9.81. The largest absolute Gasteiger partial charge is 0.508 e. The van der Waals surface area contributed by atoms with E-state index in [1.54, 1.807) is 6.07 Å². The minimum Gasteiger partial charge on any atom is -0.508 e. The normalized spacial score (nSPS) is 17.4. The van der Waals surface area contributed by atoms with Crippen molar-refractivity contribution in [2.24, 2.45) is 0 Å². The standard InChI is InChI=1S/C16H16BrNO2/c17-12-5-6-16-13(9-12)14(7-8-20-16)18-10-11-3-1-2-4-15(11)19/h1-6,9,14,18-19H,7-8,10H2. The predicted molar refractivity (Wildman–Crippen MR) is 81.9 cm³/mol. The highest BCUT2D eigenvalue weighted by Crippen LogP contribution is 2.34. The van der Waals surface area contributed by atoms with Gasteiger partial charge < -0.3 is 15.2 Å². The van der Waals surface area contributed by atoms with Crippen molar-refractivity contribution in [3.05, 3.63) is 58.1 Å². The van der Waals surface area contributed by atoms with Crippen molar-refractivity contribution in [3.8, 4) is 11.5 Å². The van der Waals surface area contributed by atoms with E-state index in [-0.39, 0.29) is 6.04 Å². The SMILES string of the molecule is Oc1ccccc1CNC1CCOc2ccc(Br)cc21. The van der Waals surface area contributed by atoms with Gasteiger partial charge in [-0.05, 0) is 24.3 Å². The summed E-state index contributed by atoms with van der Waals surface area (Å²) in [6.07, 6.45) is 0.928. The zero-order valence-corrected chi connectivity index (χ0v) is 12.6. The molecular weight excluding hydrogens is 318 g/mol. The summed E-state index contributed by atoms with van der Waals surface area (Å²) < 4.78 is 6.73. The van der Waals surface area contributed by atoms with Gasteiger partial charge in [-0.15, -0.1) is 0 Å². The molecule has 0 spiro atoms. The lowest BCUT2D eigenvalue weighted by Crippen LogP contribution is -2.26. The topological polar surface area (TPSA) is 41.5 Å². The molecule has 1 unspecified atom stereocenters. The predicted octanol–water partition coefficient (Wildman–Crippen LogP) is 3.77. The third-order valence-electron chi connectivity index (χ3n) is 3.54. The number of ether oxygens (including phenoxy) is 1. The Balaban J connectivity index is 1.77. The Kier molecular flexibility index (Phi) is 3.94. The smallest absolute Gasteiger partial charge is 0.124 e. The Hall–Kier alpha value is -1.52. The Morgan fingerprint density at radius 2 is 2.10 bits per heavy atom. The van der Waals surface area contributed by atoms with Crippen LogP contribution in [0.4, 0.5) is 0 Å². The number of rotatable bonds is 3. The Morgan fingerprint density at radius 1 is 1.25 bits per heavy atom. The van der Waals surface area contributed by atoms with E-state index >= 15 is 0 Å². The van der Waals surface area contributed by atoms with E-state index in [1.165, 1.54) is 5.56 Å². The molecule has 0 fully saturated rings. The van der Waals surface area contributed by atoms with Crippen LogP contribution in [0.15, 0.2) is 46.9 Å². The zero-order chi connectivity index (χ0) is 13.9. The number of halogens is 1. The highest BCUT2D eigenvalue weighted by atomic mass is 79.9. The second kappa shape index (κ2) is 5.85. The molecular formula is C16H16BrNO2. The summed E-state index contributed by atoms with van der Waals surface area (Å²) in [5.74, 6) is 1.27. The van der Waals surface area contributed by atoms with Crippen LogP contribution >= 0.6 is 15.9 Å². The van der Waals surface area contributed by atoms with Crippen LogP contribution in [0.3, 0.4) is 0 Å². The van der Waals surface area contributed by atoms with E-state index in [0.29, 0.717) is 18.9 Å². The van der Waals surface area contributed by atoms with Crippen molar-refractivity contribution < 1.29 is 9.84 Å². The summed E-state index contributed by atoms with van der Waals surface area (Å²) in [6.45, 7) is 1.36. The van der Waals surface area contributed by atoms with E-state index in [9.17, 15) is 5.11 Å². The monoisotopic (exact) mass is 333 g/mol. The van der Waals surface area contributed by atoms with E-state index in [1.807, 2.05) is 30.3 Å². The van der Waals surface area contributed by atoms with Gasteiger partial charge in [0.1, 0.15) is 11.5 Å². The quantitative estimate of drug-likeness (QED) is 0.898. The molecule has 1 atom stereocenters. The van der Waals surface area contributed by atoms with Crippen LogP contribution in [-0.4, -0.2) is 11.7 Å². The van der Waals surface area contributed by atoms with Crippen LogP contribution in [-0.2, 0) is 6.54 Å². The van der Waals surface area contributed by atoms with Gasteiger partial charge in [-0.2, -0.15) is 0 Å². The summed E-state index contributed by atoms with van der Waals surface area (Å²) in [5, 5.41) is 13.3. The van der Waals surface area contributed by atoms with Crippen LogP contribution in [0.25, 0.3) is 0 Å². The molecule has 0 saturated heterocycles. The van der Waals surface area contributed by atoms with Gasteiger partial charge in [-0.25, -0.2) is 0 Å². The highest BCUT2D eigenvalue weighted by molar-refractivity contribution is 9.10. The molecule has 0 saturated carbocycles. The molecule has 3 rings (SSSR count). The lowest BCUT2D eigenvalue weighted by molar-refractivity contribution is 0.252. The second-order valence-corrected chi connectivity index (χ2v) is 5.80. The molecule has 1 aliphatic rings. The van der Waals surface area contributed by atoms with Crippen molar-refractivity contribution in [1.29, 1.82) is 0 Å². The van der Waals surface area contributed by atoms with Crippen molar-refractivity contribution in [2.75, 3.05) is 6.61 Å². The molecule has 0 bridgehead atoms. The first-order valence-corrected chi connectivity index (χ1v) is 7.46. The minimum atomic E-state index is 0.246. The zero-order valence-electron chi connectivity index (χ0n) is 11.0. The van der Waals surface area contributed by atoms with Gasteiger partial charge in [0.05, 0.1) is 6.61 Å². The Labute approximate surface area is 126 Å². The maximum Gasteiger partial charge on any atom is 0.124 e. The van der Waals surface area contributed by atoms with E-state index in [2.05, 4.69) is 27.3 Å². The molecule has 3 nitrogen and oxygen atoms in total. The van der Waals surface area contributed by atoms with E-state index in [0.717, 1.165) is 22.2 Å². The molecule has 0 aromatic heterocycles. The number of benzene rings is 2. The summed E-state index contributed by atoms with van der Waals surface area (Å²) >= 11 is 3.50. The molecule has 2 aromatic rings. The fourth-order valence-corrected chi connectivity index (χ4v) is 2.85. The van der Waals surface area contributed by atoms with Crippen LogP contribution in [0.2, 0.25) is 0 Å². The van der Waals surface area contributed by atoms with Crippen LogP contribution < -0.4 is 10.1 Å². The van der Waals surface area contributed by atoms with Crippen molar-refractivity contribution >= 4 is 15.9 Å². The fourth-order valence-electron chi connectivity index (χ4n) is 2.47. The average Bonchev–Trinajstić information content (AvgIpc) is 2.46. The third kappa shape index (κ3) is 2.81. The molecule has 0 radical (unpaired) electrons. The van der Waals surface area contributed by atoms with Gasteiger partial charge in [0.25, 0.3) is 0 Å². The van der Waals surface area contributed by atoms with Crippen LogP contribution in [0, 0.1) is 0 Å². The molecule has 0 aliphatic carbocycles. The van der Waals surface area contributed by atoms with Gasteiger partial charge in [0, 0.05) is 34.6 Å². The molecule has 0 amide bonds. The summed E-state index contributed by atoms with van der Waals surface area (Å²) in [7, 11) is 0. The first kappa shape index (κ1) is 13.5. The second-order valence-electron chi connectivity index (χ2n) is 4.88. The minimum absolute atomic E-state index is 0.246. The first-order valence-electron chi connectivity index (χ1n) is 6.66. The van der Waals surface area contributed by atoms with Gasteiger partial charge in [0.2, 0.25) is 0 Å². The molecule has 104 valence electrons. The van der Waals surface area contributed by atoms with Crippen LogP contribution in [0.5, 0.6) is 11.5 Å². The van der Waals surface area contributed by atoms with Crippen molar-refractivity contribution in [3.63, 3.8) is 0 Å².